The Balaban J connectivity index is 3.15. The lowest BCUT2D eigenvalue weighted by molar-refractivity contribution is -0.386. The summed E-state index contributed by atoms with van der Waals surface area (Å²) in [5.41, 5.74) is -1.97. The molecule has 110 valence electrons. The van der Waals surface area contributed by atoms with Crippen molar-refractivity contribution in [3.05, 3.63) is 33.9 Å². The number of benzene rings is 1. The van der Waals surface area contributed by atoms with Crippen LogP contribution >= 0.6 is 0 Å². The van der Waals surface area contributed by atoms with Gasteiger partial charge in [-0.2, -0.15) is 13.2 Å². The number of hydrogen-bond acceptors (Lipinski definition) is 4. The number of carbonyl (C=O) groups excluding carboxylic acids is 1. The van der Waals surface area contributed by atoms with E-state index in [9.17, 15) is 28.1 Å². The van der Waals surface area contributed by atoms with E-state index in [1.54, 1.807) is 6.92 Å². The zero-order valence-corrected chi connectivity index (χ0v) is 10.7. The highest BCUT2D eigenvalue weighted by Crippen LogP contribution is 2.36. The van der Waals surface area contributed by atoms with Crippen LogP contribution in [0.15, 0.2) is 18.2 Å². The van der Waals surface area contributed by atoms with Crippen molar-refractivity contribution < 1.29 is 27.6 Å². The zero-order chi connectivity index (χ0) is 15.5. The Morgan fingerprint density at radius 1 is 1.45 bits per heavy atom. The topological polar surface area (TPSA) is 69.4 Å². The standard InChI is InChI=1S/C12H12F3NO4/c1-3-10(17)7(2)20-11-5-4-8(12(13,14)15)6-9(11)16(18)19/h4-7H,3H2,1-2H3. The van der Waals surface area contributed by atoms with E-state index in [2.05, 4.69) is 0 Å². The molecule has 0 amide bonds. The predicted octanol–water partition coefficient (Wildman–Crippen LogP) is 3.36. The van der Waals surface area contributed by atoms with Crippen LogP contribution < -0.4 is 4.74 Å². The third-order valence-electron chi connectivity index (χ3n) is 2.59. The summed E-state index contributed by atoms with van der Waals surface area (Å²) in [5, 5.41) is 10.8. The van der Waals surface area contributed by atoms with Gasteiger partial charge in [0.1, 0.15) is 0 Å². The van der Waals surface area contributed by atoms with Crippen molar-refractivity contribution in [1.82, 2.24) is 0 Å². The third-order valence-corrected chi connectivity index (χ3v) is 2.59. The third kappa shape index (κ3) is 3.69. The number of nitro groups is 1. The number of alkyl halides is 3. The Bertz CT molecular complexity index is 528. The number of rotatable bonds is 5. The molecule has 0 saturated carbocycles. The van der Waals surface area contributed by atoms with Crippen LogP contribution in [0, 0.1) is 10.1 Å². The lowest BCUT2D eigenvalue weighted by atomic mass is 10.1. The SMILES string of the molecule is CCC(=O)C(C)Oc1ccc(C(F)(F)F)cc1[N+](=O)[O-]. The quantitative estimate of drug-likeness (QED) is 0.616. The van der Waals surface area contributed by atoms with Crippen molar-refractivity contribution in [3.8, 4) is 5.75 Å². The van der Waals surface area contributed by atoms with Crippen LogP contribution in [-0.2, 0) is 11.0 Å². The second-order valence-corrected chi connectivity index (χ2v) is 4.02. The molecule has 0 aromatic heterocycles. The summed E-state index contributed by atoms with van der Waals surface area (Å²) < 4.78 is 42.5. The van der Waals surface area contributed by atoms with Crippen LogP contribution in [-0.4, -0.2) is 16.8 Å². The molecule has 0 saturated heterocycles. The lowest BCUT2D eigenvalue weighted by Gasteiger charge is -2.14. The molecular formula is C12H12F3NO4. The minimum atomic E-state index is -4.69. The Morgan fingerprint density at radius 3 is 2.50 bits per heavy atom. The van der Waals surface area contributed by atoms with E-state index >= 15 is 0 Å². The molecule has 5 nitrogen and oxygen atoms in total. The number of ether oxygens (including phenoxy) is 1. The van der Waals surface area contributed by atoms with Crippen molar-refractivity contribution in [1.29, 1.82) is 0 Å². The number of nitro benzene ring substituents is 1. The van der Waals surface area contributed by atoms with Gasteiger partial charge in [-0.3, -0.25) is 14.9 Å². The van der Waals surface area contributed by atoms with Gasteiger partial charge >= 0.3 is 11.9 Å². The maximum atomic E-state index is 12.5. The molecule has 20 heavy (non-hydrogen) atoms. The number of nitrogens with zero attached hydrogens (tertiary/aromatic N) is 1. The first-order valence-electron chi connectivity index (χ1n) is 5.71. The summed E-state index contributed by atoms with van der Waals surface area (Å²) in [6, 6.07) is 1.91. The first kappa shape index (κ1) is 15.9. The van der Waals surface area contributed by atoms with Gasteiger partial charge in [-0.25, -0.2) is 0 Å². The smallest absolute Gasteiger partial charge is 0.416 e. The molecule has 0 N–H and O–H groups in total. The Labute approximate surface area is 112 Å². The van der Waals surface area contributed by atoms with E-state index in [4.69, 9.17) is 4.74 Å². The van der Waals surface area contributed by atoms with Gasteiger partial charge in [0.05, 0.1) is 10.5 Å². The first-order valence-corrected chi connectivity index (χ1v) is 5.71. The number of ketones is 1. The highest BCUT2D eigenvalue weighted by molar-refractivity contribution is 5.82. The fourth-order valence-corrected chi connectivity index (χ4v) is 1.48. The fraction of sp³-hybridized carbons (Fsp3) is 0.417. The van der Waals surface area contributed by atoms with Crippen molar-refractivity contribution in [2.24, 2.45) is 0 Å². The highest BCUT2D eigenvalue weighted by Gasteiger charge is 2.33. The molecule has 0 heterocycles. The van der Waals surface area contributed by atoms with Gasteiger partial charge in [-0.1, -0.05) is 6.92 Å². The number of hydrogen-bond donors (Lipinski definition) is 0. The summed E-state index contributed by atoms with van der Waals surface area (Å²) in [7, 11) is 0. The molecule has 0 spiro atoms. The van der Waals surface area contributed by atoms with E-state index in [-0.39, 0.29) is 18.0 Å². The maximum Gasteiger partial charge on any atom is 0.416 e. The minimum Gasteiger partial charge on any atom is -0.476 e. The fourth-order valence-electron chi connectivity index (χ4n) is 1.48. The second-order valence-electron chi connectivity index (χ2n) is 4.02. The van der Waals surface area contributed by atoms with Gasteiger partial charge in [0.2, 0.25) is 0 Å². The summed E-state index contributed by atoms with van der Waals surface area (Å²) >= 11 is 0. The van der Waals surface area contributed by atoms with Crippen LogP contribution in [0.1, 0.15) is 25.8 Å². The number of Topliss-reactive ketones (excluding diaryl/α,β-unsaturated/α-hetero) is 1. The van der Waals surface area contributed by atoms with Gasteiger partial charge < -0.3 is 4.74 Å². The minimum absolute atomic E-state index is 0.162. The van der Waals surface area contributed by atoms with Crippen LogP contribution in [0.25, 0.3) is 0 Å². The molecule has 0 radical (unpaired) electrons. The molecule has 1 unspecified atom stereocenters. The number of halogens is 3. The molecule has 0 aliphatic heterocycles. The van der Waals surface area contributed by atoms with E-state index < -0.39 is 28.5 Å². The molecule has 0 aliphatic carbocycles. The van der Waals surface area contributed by atoms with E-state index in [0.29, 0.717) is 12.1 Å². The average Bonchev–Trinajstić information content (AvgIpc) is 2.36. The highest BCUT2D eigenvalue weighted by atomic mass is 19.4. The van der Waals surface area contributed by atoms with Crippen molar-refractivity contribution in [3.63, 3.8) is 0 Å². The van der Waals surface area contributed by atoms with Crippen molar-refractivity contribution >= 4 is 11.5 Å². The Kier molecular flexibility index (Phi) is 4.69. The van der Waals surface area contributed by atoms with Crippen LogP contribution in [0.2, 0.25) is 0 Å². The molecule has 1 rings (SSSR count). The molecule has 1 aromatic rings. The molecule has 0 bridgehead atoms. The maximum absolute atomic E-state index is 12.5. The van der Waals surface area contributed by atoms with Crippen molar-refractivity contribution in [2.45, 2.75) is 32.5 Å². The van der Waals surface area contributed by atoms with Crippen LogP contribution in [0.3, 0.4) is 0 Å². The van der Waals surface area contributed by atoms with Gasteiger partial charge in [0.25, 0.3) is 0 Å². The van der Waals surface area contributed by atoms with Crippen LogP contribution in [0.4, 0.5) is 18.9 Å². The van der Waals surface area contributed by atoms with Gasteiger partial charge in [0.15, 0.2) is 17.6 Å². The predicted molar refractivity (Wildman–Crippen MR) is 63.5 cm³/mol. The summed E-state index contributed by atoms with van der Waals surface area (Å²) in [6.07, 6.45) is -5.49. The normalized spacial score (nSPS) is 12.8. The molecular weight excluding hydrogens is 279 g/mol. The molecule has 0 aliphatic rings. The Morgan fingerprint density at radius 2 is 2.05 bits per heavy atom. The Hall–Kier alpha value is -2.12. The molecule has 1 atom stereocenters. The summed E-state index contributed by atoms with van der Waals surface area (Å²) in [5.74, 6) is -0.670. The average molecular weight is 291 g/mol. The van der Waals surface area contributed by atoms with E-state index in [0.717, 1.165) is 6.07 Å². The van der Waals surface area contributed by atoms with Gasteiger partial charge in [0, 0.05) is 12.5 Å². The lowest BCUT2D eigenvalue weighted by Crippen LogP contribution is -2.23. The van der Waals surface area contributed by atoms with E-state index in [1.807, 2.05) is 0 Å². The largest absolute Gasteiger partial charge is 0.476 e. The first-order chi connectivity index (χ1) is 9.16. The second kappa shape index (κ2) is 5.89. The molecule has 1 aromatic carbocycles. The van der Waals surface area contributed by atoms with E-state index in [1.165, 1.54) is 6.92 Å². The van der Waals surface area contributed by atoms with Crippen molar-refractivity contribution in [2.75, 3.05) is 0 Å². The molecule has 8 heteroatoms. The molecule has 0 fully saturated rings. The van der Waals surface area contributed by atoms with Crippen LogP contribution in [0.5, 0.6) is 5.75 Å². The summed E-state index contributed by atoms with van der Waals surface area (Å²) in [6.45, 7) is 2.97. The summed E-state index contributed by atoms with van der Waals surface area (Å²) in [4.78, 5) is 21.2. The van der Waals surface area contributed by atoms with Gasteiger partial charge in [-0.15, -0.1) is 0 Å². The number of carbonyl (C=O) groups is 1. The zero-order valence-electron chi connectivity index (χ0n) is 10.7. The van der Waals surface area contributed by atoms with Gasteiger partial charge in [-0.05, 0) is 19.1 Å². The monoisotopic (exact) mass is 291 g/mol.